The van der Waals surface area contributed by atoms with Crippen LogP contribution in [0.3, 0.4) is 0 Å². The highest BCUT2D eigenvalue weighted by Crippen LogP contribution is 2.26. The van der Waals surface area contributed by atoms with Crippen molar-refractivity contribution in [1.29, 1.82) is 0 Å². The molecule has 138 valence electrons. The number of carbonyl (C=O) groups is 2. The Labute approximate surface area is 160 Å². The lowest BCUT2D eigenvalue weighted by atomic mass is 10.0. The van der Waals surface area contributed by atoms with Crippen molar-refractivity contribution >= 4 is 23.5 Å². The highest BCUT2D eigenvalue weighted by molar-refractivity contribution is 6.31. The van der Waals surface area contributed by atoms with E-state index in [2.05, 4.69) is 20.8 Å². The van der Waals surface area contributed by atoms with Crippen molar-refractivity contribution in [2.75, 3.05) is 7.11 Å². The summed E-state index contributed by atoms with van der Waals surface area (Å²) in [4.78, 5) is 24.4. The minimum Gasteiger partial charge on any atom is -0.469 e. The first-order valence-corrected chi connectivity index (χ1v) is 8.42. The van der Waals surface area contributed by atoms with Gasteiger partial charge in [-0.2, -0.15) is 0 Å². The summed E-state index contributed by atoms with van der Waals surface area (Å²) < 4.78 is 6.21. The van der Waals surface area contributed by atoms with Crippen molar-refractivity contribution in [2.45, 2.75) is 12.5 Å². The average Bonchev–Trinajstić information content (AvgIpc) is 3.22. The number of carbonyl (C=O) groups excluding carboxylic acids is 2. The lowest BCUT2D eigenvalue weighted by molar-refractivity contribution is -0.141. The van der Waals surface area contributed by atoms with Gasteiger partial charge in [0.1, 0.15) is 6.33 Å². The lowest BCUT2D eigenvalue weighted by Crippen LogP contribution is -2.30. The van der Waals surface area contributed by atoms with Gasteiger partial charge in [0.05, 0.1) is 25.3 Å². The minimum absolute atomic E-state index is 0.0331. The fraction of sp³-hybridized carbons (Fsp3) is 0.167. The van der Waals surface area contributed by atoms with Gasteiger partial charge < -0.3 is 10.1 Å². The number of halogens is 1. The Balaban J connectivity index is 1.79. The van der Waals surface area contributed by atoms with Gasteiger partial charge in [-0.25, -0.2) is 4.68 Å². The molecule has 0 fully saturated rings. The van der Waals surface area contributed by atoms with Gasteiger partial charge in [-0.1, -0.05) is 29.8 Å². The van der Waals surface area contributed by atoms with Crippen LogP contribution in [0.15, 0.2) is 54.9 Å². The molecule has 0 saturated carbocycles. The number of benzene rings is 2. The molecule has 1 aromatic heterocycles. The monoisotopic (exact) mass is 385 g/mol. The smallest absolute Gasteiger partial charge is 0.307 e. The summed E-state index contributed by atoms with van der Waals surface area (Å²) in [5.41, 5.74) is 1.78. The predicted octanol–water partition coefficient (Wildman–Crippen LogP) is 2.35. The topological polar surface area (TPSA) is 99.0 Å². The molecule has 0 aliphatic rings. The van der Waals surface area contributed by atoms with E-state index in [0.29, 0.717) is 21.8 Å². The van der Waals surface area contributed by atoms with Crippen molar-refractivity contribution in [3.05, 3.63) is 71.0 Å². The summed E-state index contributed by atoms with van der Waals surface area (Å²) in [6.45, 7) is 0. The fourth-order valence-corrected chi connectivity index (χ4v) is 2.80. The molecule has 9 heteroatoms. The first-order chi connectivity index (χ1) is 13.1. The molecule has 0 aliphatic heterocycles. The fourth-order valence-electron chi connectivity index (χ4n) is 2.53. The van der Waals surface area contributed by atoms with Crippen molar-refractivity contribution in [1.82, 2.24) is 25.5 Å². The molecule has 0 aliphatic carbocycles. The summed E-state index contributed by atoms with van der Waals surface area (Å²) in [6, 6.07) is 13.1. The number of rotatable bonds is 6. The Hall–Kier alpha value is -3.26. The Bertz CT molecular complexity index is 928. The molecular weight excluding hydrogens is 370 g/mol. The van der Waals surface area contributed by atoms with Crippen LogP contribution in [0.4, 0.5) is 0 Å². The van der Waals surface area contributed by atoms with Crippen LogP contribution in [0.2, 0.25) is 5.02 Å². The SMILES string of the molecule is COC(=O)C[C@@H](NC(=O)c1ccc(-n2cnnn2)cc1)c1ccccc1Cl. The molecule has 3 aromatic rings. The number of esters is 1. The van der Waals surface area contributed by atoms with Crippen molar-refractivity contribution < 1.29 is 14.3 Å². The Morgan fingerprint density at radius 2 is 1.93 bits per heavy atom. The number of methoxy groups -OCH3 is 1. The summed E-state index contributed by atoms with van der Waals surface area (Å²) in [5, 5.41) is 14.2. The van der Waals surface area contributed by atoms with Gasteiger partial charge in [0.25, 0.3) is 5.91 Å². The van der Waals surface area contributed by atoms with Gasteiger partial charge in [-0.05, 0) is 46.3 Å². The number of ether oxygens (including phenoxy) is 1. The third-order valence-electron chi connectivity index (χ3n) is 3.93. The second-order valence-electron chi connectivity index (χ2n) is 5.63. The molecule has 8 nitrogen and oxygen atoms in total. The maximum absolute atomic E-state index is 12.7. The number of tetrazole rings is 1. The average molecular weight is 386 g/mol. The normalized spacial score (nSPS) is 11.6. The number of nitrogens with zero attached hydrogens (tertiary/aromatic N) is 4. The number of aromatic nitrogens is 4. The molecule has 0 spiro atoms. The number of nitrogens with one attached hydrogen (secondary N) is 1. The van der Waals surface area contributed by atoms with Crippen molar-refractivity contribution in [3.63, 3.8) is 0 Å². The second kappa shape index (κ2) is 8.41. The van der Waals surface area contributed by atoms with Crippen molar-refractivity contribution in [3.8, 4) is 5.69 Å². The molecule has 1 N–H and O–H groups in total. The predicted molar refractivity (Wildman–Crippen MR) is 97.4 cm³/mol. The number of amides is 1. The van der Waals surface area contributed by atoms with Gasteiger partial charge in [-0.15, -0.1) is 5.10 Å². The van der Waals surface area contributed by atoms with Gasteiger partial charge >= 0.3 is 5.97 Å². The first kappa shape index (κ1) is 18.5. The molecule has 1 heterocycles. The van der Waals surface area contributed by atoms with Crippen LogP contribution in [0.5, 0.6) is 0 Å². The molecule has 0 unspecified atom stereocenters. The Morgan fingerprint density at radius 3 is 2.56 bits per heavy atom. The minimum atomic E-state index is -0.613. The zero-order valence-corrected chi connectivity index (χ0v) is 15.1. The molecule has 0 radical (unpaired) electrons. The van der Waals surface area contributed by atoms with Crippen LogP contribution in [0.25, 0.3) is 5.69 Å². The summed E-state index contributed by atoms with van der Waals surface area (Å²) in [7, 11) is 1.30. The zero-order valence-electron chi connectivity index (χ0n) is 14.4. The lowest BCUT2D eigenvalue weighted by Gasteiger charge is -2.19. The first-order valence-electron chi connectivity index (χ1n) is 8.04. The van der Waals surface area contributed by atoms with Gasteiger partial charge in [0.2, 0.25) is 0 Å². The highest BCUT2D eigenvalue weighted by atomic mass is 35.5. The molecular formula is C18H16ClN5O3. The molecule has 1 amide bonds. The van der Waals surface area contributed by atoms with Crippen LogP contribution in [-0.4, -0.2) is 39.2 Å². The van der Waals surface area contributed by atoms with Crippen molar-refractivity contribution in [2.24, 2.45) is 0 Å². The van der Waals surface area contributed by atoms with E-state index in [1.807, 2.05) is 0 Å². The maximum Gasteiger partial charge on any atom is 0.307 e. The third kappa shape index (κ3) is 4.48. The van der Waals surface area contributed by atoms with E-state index >= 15 is 0 Å². The van der Waals surface area contributed by atoms with E-state index in [1.54, 1.807) is 48.5 Å². The van der Waals surface area contributed by atoms with E-state index in [-0.39, 0.29) is 12.3 Å². The summed E-state index contributed by atoms with van der Waals surface area (Å²) >= 11 is 6.23. The largest absolute Gasteiger partial charge is 0.469 e. The molecule has 0 saturated heterocycles. The number of hydrogen-bond donors (Lipinski definition) is 1. The van der Waals surface area contributed by atoms with Crippen LogP contribution in [0.1, 0.15) is 28.4 Å². The Morgan fingerprint density at radius 1 is 1.19 bits per heavy atom. The highest BCUT2D eigenvalue weighted by Gasteiger charge is 2.21. The standard InChI is InChI=1S/C18H16ClN5O3/c1-27-17(25)10-16(14-4-2-3-5-15(14)19)21-18(26)12-6-8-13(9-7-12)24-11-20-22-23-24/h2-9,11,16H,10H2,1H3,(H,21,26)/t16-/m1/s1. The van der Waals surface area contributed by atoms with Crippen LogP contribution < -0.4 is 5.32 Å². The molecule has 27 heavy (non-hydrogen) atoms. The van der Waals surface area contributed by atoms with Gasteiger partial charge in [0.15, 0.2) is 0 Å². The number of hydrogen-bond acceptors (Lipinski definition) is 6. The quantitative estimate of drug-likeness (QED) is 0.654. The summed E-state index contributed by atoms with van der Waals surface area (Å²) in [5.74, 6) is -0.790. The van der Waals surface area contributed by atoms with E-state index in [0.717, 1.165) is 0 Å². The molecule has 3 rings (SSSR count). The second-order valence-corrected chi connectivity index (χ2v) is 6.04. The summed E-state index contributed by atoms with van der Waals surface area (Å²) in [6.07, 6.45) is 1.42. The molecule has 2 aromatic carbocycles. The third-order valence-corrected chi connectivity index (χ3v) is 4.27. The molecule has 0 bridgehead atoms. The Kier molecular flexibility index (Phi) is 5.77. The molecule has 1 atom stereocenters. The van der Waals surface area contributed by atoms with E-state index < -0.39 is 12.0 Å². The maximum atomic E-state index is 12.7. The van der Waals surface area contributed by atoms with E-state index in [1.165, 1.54) is 18.1 Å². The van der Waals surface area contributed by atoms with Crippen LogP contribution in [0, 0.1) is 0 Å². The zero-order chi connectivity index (χ0) is 19.2. The van der Waals surface area contributed by atoms with Crippen LogP contribution >= 0.6 is 11.6 Å². The van der Waals surface area contributed by atoms with Gasteiger partial charge in [0, 0.05) is 10.6 Å². The van der Waals surface area contributed by atoms with E-state index in [9.17, 15) is 9.59 Å². The van der Waals surface area contributed by atoms with Gasteiger partial charge in [-0.3, -0.25) is 9.59 Å². The van der Waals surface area contributed by atoms with E-state index in [4.69, 9.17) is 16.3 Å². The van der Waals surface area contributed by atoms with Crippen LogP contribution in [-0.2, 0) is 9.53 Å².